The molecule has 0 saturated carbocycles. The van der Waals surface area contributed by atoms with Gasteiger partial charge in [0, 0.05) is 7.05 Å². The van der Waals surface area contributed by atoms with E-state index in [-0.39, 0.29) is 20.6 Å². The van der Waals surface area contributed by atoms with E-state index in [1.54, 1.807) is 24.3 Å². The third-order valence-electron chi connectivity index (χ3n) is 11.3. The van der Waals surface area contributed by atoms with E-state index in [0.717, 1.165) is 0 Å². The Labute approximate surface area is 323 Å². The normalized spacial score (nSPS) is 22.3. The number of fused-ring (bicyclic) bond motifs is 1. The molecular weight excluding hydrogens is 765 g/mol. The molecule has 0 aliphatic carbocycles. The van der Waals surface area contributed by atoms with Crippen molar-refractivity contribution >= 4 is 77.0 Å². The second-order valence-corrected chi connectivity index (χ2v) is 35.4. The fraction of sp³-hybridized carbons (Fsp3) is 0.824. The van der Waals surface area contributed by atoms with Crippen LogP contribution >= 0.6 is 34.8 Å². The number of rotatable bonds is 9. The topological polar surface area (TPSA) is 111 Å². The SMILES string of the molecule is Cn1cnc2c(ncn2[C@@H]2O[C@H](CO[Si](C)(C)C(C)(C)C)[C@@H](O[Si](C)(C)C(C)(C)C)[C@H]2O[Si](C)(C)C(C)(C)C)/c1=N\C(=O)OC(C)(C)C(Cl)(Cl)Cl. The molecule has 0 bridgehead atoms. The highest BCUT2D eigenvalue weighted by Crippen LogP contribution is 2.47. The maximum absolute atomic E-state index is 13.1. The summed E-state index contributed by atoms with van der Waals surface area (Å²) in [7, 11) is -5.20. The van der Waals surface area contributed by atoms with Gasteiger partial charge in [-0.25, -0.2) is 14.8 Å². The molecule has 0 spiro atoms. The van der Waals surface area contributed by atoms with Gasteiger partial charge in [-0.2, -0.15) is 4.99 Å². The second-order valence-electron chi connectivity index (χ2n) is 18.8. The average molecular weight is 828 g/mol. The van der Waals surface area contributed by atoms with Crippen LogP contribution in [0.3, 0.4) is 0 Å². The van der Waals surface area contributed by atoms with Crippen molar-refractivity contribution in [1.82, 2.24) is 19.1 Å². The Morgan fingerprint density at radius 3 is 1.76 bits per heavy atom. The summed E-state index contributed by atoms with van der Waals surface area (Å²) in [6, 6.07) is 0. The fourth-order valence-electron chi connectivity index (χ4n) is 4.58. The minimum Gasteiger partial charge on any atom is -0.437 e. The molecule has 3 heterocycles. The monoisotopic (exact) mass is 825 g/mol. The van der Waals surface area contributed by atoms with E-state index in [1.807, 2.05) is 4.57 Å². The molecule has 0 radical (unpaired) electrons. The number of nitrogens with zero attached hydrogens (tertiary/aromatic N) is 5. The smallest absolute Gasteiger partial charge is 0.436 e. The average Bonchev–Trinajstić information content (AvgIpc) is 3.47. The molecule has 1 fully saturated rings. The lowest BCUT2D eigenvalue weighted by Gasteiger charge is -2.44. The first-order valence-corrected chi connectivity index (χ1v) is 27.4. The highest BCUT2D eigenvalue weighted by molar-refractivity contribution is 6.75. The molecule has 0 N–H and O–H groups in total. The van der Waals surface area contributed by atoms with Crippen LogP contribution in [0.5, 0.6) is 0 Å². The maximum Gasteiger partial charge on any atom is 0.436 e. The Hall–Kier alpha value is -0.819. The predicted molar refractivity (Wildman–Crippen MR) is 214 cm³/mol. The zero-order valence-corrected chi connectivity index (χ0v) is 39.3. The van der Waals surface area contributed by atoms with Gasteiger partial charge < -0.3 is 27.3 Å². The summed E-state index contributed by atoms with van der Waals surface area (Å²) < 4.78 is 35.5. The summed E-state index contributed by atoms with van der Waals surface area (Å²) in [4.78, 5) is 26.7. The number of amides is 1. The van der Waals surface area contributed by atoms with Gasteiger partial charge in [0.25, 0.3) is 0 Å². The third kappa shape index (κ3) is 9.71. The van der Waals surface area contributed by atoms with E-state index in [9.17, 15) is 4.79 Å². The number of imidazole rings is 1. The van der Waals surface area contributed by atoms with Gasteiger partial charge in [0.1, 0.15) is 18.3 Å². The predicted octanol–water partition coefficient (Wildman–Crippen LogP) is 9.66. The van der Waals surface area contributed by atoms with E-state index in [2.05, 4.69) is 107 Å². The van der Waals surface area contributed by atoms with Gasteiger partial charge in [0.2, 0.25) is 3.79 Å². The molecule has 292 valence electrons. The highest BCUT2D eigenvalue weighted by atomic mass is 35.6. The van der Waals surface area contributed by atoms with Crippen LogP contribution in [0.2, 0.25) is 54.4 Å². The summed E-state index contributed by atoms with van der Waals surface area (Å²) >= 11 is 18.2. The lowest BCUT2D eigenvalue weighted by atomic mass is 10.1. The van der Waals surface area contributed by atoms with Crippen molar-refractivity contribution in [3.8, 4) is 0 Å². The van der Waals surface area contributed by atoms with Crippen LogP contribution in [-0.2, 0) is 29.8 Å². The minimum atomic E-state index is -2.40. The number of halogens is 3. The molecule has 0 unspecified atom stereocenters. The molecule has 17 heteroatoms. The summed E-state index contributed by atoms with van der Waals surface area (Å²) in [6.45, 7) is 36.8. The molecule has 1 aliphatic heterocycles. The van der Waals surface area contributed by atoms with E-state index in [0.29, 0.717) is 17.8 Å². The molecule has 3 rings (SSSR count). The van der Waals surface area contributed by atoms with Crippen LogP contribution in [0.1, 0.15) is 82.4 Å². The zero-order valence-electron chi connectivity index (χ0n) is 34.0. The number of aromatic nitrogens is 4. The van der Waals surface area contributed by atoms with Crippen molar-refractivity contribution in [3.63, 3.8) is 0 Å². The quantitative estimate of drug-likeness (QED) is 0.182. The van der Waals surface area contributed by atoms with Crippen molar-refractivity contribution < 1.29 is 27.5 Å². The molecule has 2 aromatic rings. The molecule has 1 aliphatic rings. The summed E-state index contributed by atoms with van der Waals surface area (Å²) in [5.74, 6) is 0. The number of carbonyl (C=O) groups excluding carboxylic acids is 1. The van der Waals surface area contributed by atoms with Crippen molar-refractivity contribution in [2.45, 2.75) is 164 Å². The van der Waals surface area contributed by atoms with Crippen molar-refractivity contribution in [2.75, 3.05) is 6.61 Å². The van der Waals surface area contributed by atoms with Gasteiger partial charge in [-0.1, -0.05) is 97.1 Å². The number of carbonyl (C=O) groups is 1. The Balaban J connectivity index is 2.24. The van der Waals surface area contributed by atoms with Gasteiger partial charge in [0.05, 0.1) is 19.3 Å². The Morgan fingerprint density at radius 2 is 1.29 bits per heavy atom. The fourth-order valence-corrected chi connectivity index (χ4v) is 8.32. The van der Waals surface area contributed by atoms with Crippen LogP contribution in [0.15, 0.2) is 17.6 Å². The van der Waals surface area contributed by atoms with E-state index in [4.69, 9.17) is 67.5 Å². The van der Waals surface area contributed by atoms with Gasteiger partial charge in [-0.15, -0.1) is 0 Å². The van der Waals surface area contributed by atoms with Crippen molar-refractivity contribution in [2.24, 2.45) is 12.0 Å². The standard InChI is InChI=1S/C34H62Cl3N5O6Si3/c1-30(2,3)49(13,14)44-19-22-24(47-50(15,16)31(4,5)6)25(48-51(17,18)32(7,8)9)28(45-22)42-21-38-23-26(42)39-20-41(12)27(23)40-29(43)46-33(10,11)34(35,36)37/h20-22,24-25,28H,19H2,1-18H3/b40-27+/t22-,24-,25-,28-/m1/s1. The first-order chi connectivity index (χ1) is 22.6. The van der Waals surface area contributed by atoms with Crippen molar-refractivity contribution in [3.05, 3.63) is 18.1 Å². The van der Waals surface area contributed by atoms with Crippen LogP contribution in [0, 0.1) is 0 Å². The Morgan fingerprint density at radius 1 is 0.804 bits per heavy atom. The summed E-state index contributed by atoms with van der Waals surface area (Å²) in [6.07, 6.45) is 0.217. The van der Waals surface area contributed by atoms with Crippen LogP contribution in [-0.4, -0.2) is 84.5 Å². The lowest BCUT2D eigenvalue weighted by molar-refractivity contribution is -0.0470. The lowest BCUT2D eigenvalue weighted by Crippen LogP contribution is -2.54. The number of hydrogen-bond acceptors (Lipinski definition) is 8. The Bertz CT molecular complexity index is 1640. The van der Waals surface area contributed by atoms with Crippen molar-refractivity contribution in [1.29, 1.82) is 0 Å². The summed E-state index contributed by atoms with van der Waals surface area (Å²) in [5.41, 5.74) is -0.419. The highest BCUT2D eigenvalue weighted by Gasteiger charge is 2.55. The molecule has 4 atom stereocenters. The van der Waals surface area contributed by atoms with E-state index >= 15 is 0 Å². The molecule has 11 nitrogen and oxygen atoms in total. The van der Waals surface area contributed by atoms with Crippen LogP contribution in [0.4, 0.5) is 4.79 Å². The maximum atomic E-state index is 13.1. The number of alkyl halides is 3. The first kappa shape index (κ1) is 44.6. The molecule has 51 heavy (non-hydrogen) atoms. The molecule has 2 aromatic heterocycles. The summed E-state index contributed by atoms with van der Waals surface area (Å²) in [5, 5.41) is -0.150. The first-order valence-electron chi connectivity index (χ1n) is 17.5. The largest absolute Gasteiger partial charge is 0.437 e. The molecule has 1 saturated heterocycles. The van der Waals surface area contributed by atoms with Gasteiger partial charge in [0.15, 0.2) is 53.4 Å². The van der Waals surface area contributed by atoms with Gasteiger partial charge in [-0.3, -0.25) is 4.57 Å². The second kappa shape index (κ2) is 14.7. The zero-order chi connectivity index (χ0) is 39.6. The van der Waals surface area contributed by atoms with Gasteiger partial charge >= 0.3 is 6.09 Å². The number of aryl methyl sites for hydroxylation is 1. The Kier molecular flexibility index (Phi) is 12.8. The van der Waals surface area contributed by atoms with E-state index in [1.165, 1.54) is 13.8 Å². The van der Waals surface area contributed by atoms with Crippen LogP contribution < -0.4 is 5.49 Å². The minimum absolute atomic E-state index is 0.00683. The molecule has 1 amide bonds. The third-order valence-corrected chi connectivity index (χ3v) is 26.2. The molecular formula is C34H62Cl3N5O6Si3. The number of ether oxygens (including phenoxy) is 2. The molecule has 0 aromatic carbocycles. The van der Waals surface area contributed by atoms with Crippen LogP contribution in [0.25, 0.3) is 11.2 Å². The van der Waals surface area contributed by atoms with E-state index < -0.39 is 65.0 Å². The van der Waals surface area contributed by atoms with Gasteiger partial charge in [-0.05, 0) is 68.2 Å². The number of hydrogen-bond donors (Lipinski definition) is 0.